The first-order chi connectivity index (χ1) is 9.97. The molecule has 1 aliphatic carbocycles. The molecule has 0 heterocycles. The van der Waals surface area contributed by atoms with Gasteiger partial charge in [0.05, 0.1) is 5.56 Å². The van der Waals surface area contributed by atoms with Crippen LogP contribution >= 0.6 is 0 Å². The van der Waals surface area contributed by atoms with E-state index in [0.717, 1.165) is 25.3 Å². The summed E-state index contributed by atoms with van der Waals surface area (Å²) in [7, 11) is 0. The van der Waals surface area contributed by atoms with E-state index in [1.807, 2.05) is 0 Å². The second kappa shape index (κ2) is 6.56. The van der Waals surface area contributed by atoms with Crippen molar-refractivity contribution >= 4 is 17.6 Å². The molecule has 0 aromatic heterocycles. The molecule has 114 valence electrons. The maximum Gasteiger partial charge on any atom is 0.319 e. The quantitative estimate of drug-likeness (QED) is 0.800. The molecule has 0 aliphatic heterocycles. The molecule has 0 saturated heterocycles. The molecule has 21 heavy (non-hydrogen) atoms. The SMILES string of the molecule is CC1CCCCC1NC(=O)Nc1ccc(F)c(C(N)=O)c1. The van der Waals surface area contributed by atoms with Gasteiger partial charge in [-0.05, 0) is 37.0 Å². The molecular weight excluding hydrogens is 273 g/mol. The van der Waals surface area contributed by atoms with Crippen LogP contribution in [0.4, 0.5) is 14.9 Å². The average Bonchev–Trinajstić information content (AvgIpc) is 2.43. The highest BCUT2D eigenvalue weighted by atomic mass is 19.1. The van der Waals surface area contributed by atoms with Gasteiger partial charge in [-0.15, -0.1) is 0 Å². The van der Waals surface area contributed by atoms with E-state index in [4.69, 9.17) is 5.73 Å². The molecule has 5 nitrogen and oxygen atoms in total. The van der Waals surface area contributed by atoms with E-state index < -0.39 is 11.7 Å². The normalized spacial score (nSPS) is 21.6. The third-order valence-corrected chi connectivity index (χ3v) is 3.92. The van der Waals surface area contributed by atoms with Crippen LogP contribution in [-0.2, 0) is 0 Å². The van der Waals surface area contributed by atoms with Crippen LogP contribution in [0.1, 0.15) is 43.0 Å². The Kier molecular flexibility index (Phi) is 4.77. The fraction of sp³-hybridized carbons (Fsp3) is 0.467. The summed E-state index contributed by atoms with van der Waals surface area (Å²) in [4.78, 5) is 23.0. The summed E-state index contributed by atoms with van der Waals surface area (Å²) in [5, 5.41) is 5.53. The number of carbonyl (C=O) groups is 2. The summed E-state index contributed by atoms with van der Waals surface area (Å²) in [5.74, 6) is -1.12. The third-order valence-electron chi connectivity index (χ3n) is 3.92. The van der Waals surface area contributed by atoms with Crippen molar-refractivity contribution in [3.63, 3.8) is 0 Å². The van der Waals surface area contributed by atoms with E-state index in [-0.39, 0.29) is 17.6 Å². The fourth-order valence-corrected chi connectivity index (χ4v) is 2.66. The van der Waals surface area contributed by atoms with Crippen molar-refractivity contribution in [2.24, 2.45) is 11.7 Å². The topological polar surface area (TPSA) is 84.2 Å². The summed E-state index contributed by atoms with van der Waals surface area (Å²) < 4.78 is 13.4. The smallest absolute Gasteiger partial charge is 0.319 e. The number of rotatable bonds is 3. The van der Waals surface area contributed by atoms with E-state index in [0.29, 0.717) is 11.6 Å². The zero-order chi connectivity index (χ0) is 15.4. The number of benzene rings is 1. The highest BCUT2D eigenvalue weighted by Crippen LogP contribution is 2.23. The Morgan fingerprint density at radius 3 is 2.67 bits per heavy atom. The molecule has 0 spiro atoms. The summed E-state index contributed by atoms with van der Waals surface area (Å²) in [6, 6.07) is 3.54. The van der Waals surface area contributed by atoms with Gasteiger partial charge in [-0.3, -0.25) is 4.79 Å². The summed E-state index contributed by atoms with van der Waals surface area (Å²) in [5.41, 5.74) is 5.18. The second-order valence-corrected chi connectivity index (χ2v) is 5.53. The van der Waals surface area contributed by atoms with Crippen LogP contribution < -0.4 is 16.4 Å². The number of primary amides is 1. The van der Waals surface area contributed by atoms with Gasteiger partial charge < -0.3 is 16.4 Å². The van der Waals surface area contributed by atoms with Crippen LogP contribution in [0, 0.1) is 11.7 Å². The van der Waals surface area contributed by atoms with Crippen molar-refractivity contribution in [2.75, 3.05) is 5.32 Å². The second-order valence-electron chi connectivity index (χ2n) is 5.53. The van der Waals surface area contributed by atoms with Gasteiger partial charge in [-0.1, -0.05) is 19.8 Å². The lowest BCUT2D eigenvalue weighted by Gasteiger charge is -2.29. The van der Waals surface area contributed by atoms with Gasteiger partial charge in [0.25, 0.3) is 5.91 Å². The number of amides is 3. The van der Waals surface area contributed by atoms with Gasteiger partial charge >= 0.3 is 6.03 Å². The molecule has 1 saturated carbocycles. The van der Waals surface area contributed by atoms with Crippen molar-refractivity contribution in [3.05, 3.63) is 29.6 Å². The Hall–Kier alpha value is -2.11. The fourth-order valence-electron chi connectivity index (χ4n) is 2.66. The maximum absolute atomic E-state index is 13.4. The number of anilines is 1. The summed E-state index contributed by atoms with van der Waals surface area (Å²) in [6.07, 6.45) is 4.37. The van der Waals surface area contributed by atoms with Crippen molar-refractivity contribution in [1.29, 1.82) is 0 Å². The Morgan fingerprint density at radius 2 is 2.00 bits per heavy atom. The van der Waals surface area contributed by atoms with Gasteiger partial charge in [-0.25, -0.2) is 9.18 Å². The largest absolute Gasteiger partial charge is 0.366 e. The van der Waals surface area contributed by atoms with Gasteiger partial charge in [-0.2, -0.15) is 0 Å². The molecule has 2 unspecified atom stereocenters. The number of urea groups is 1. The van der Waals surface area contributed by atoms with E-state index in [1.54, 1.807) is 0 Å². The minimum atomic E-state index is -0.863. The van der Waals surface area contributed by atoms with Crippen LogP contribution in [0.3, 0.4) is 0 Å². The predicted molar refractivity (Wildman–Crippen MR) is 78.5 cm³/mol. The standard InChI is InChI=1S/C15H20FN3O2/c1-9-4-2-3-5-13(9)19-15(21)18-10-6-7-12(16)11(8-10)14(17)20/h6-9,13H,2-5H2,1H3,(H2,17,20)(H2,18,19,21). The Morgan fingerprint density at radius 1 is 1.29 bits per heavy atom. The number of halogens is 1. The Balaban J connectivity index is 1.99. The predicted octanol–water partition coefficient (Wildman–Crippen LogP) is 2.62. The zero-order valence-corrected chi connectivity index (χ0v) is 12.0. The molecule has 1 aromatic carbocycles. The van der Waals surface area contributed by atoms with E-state index >= 15 is 0 Å². The van der Waals surface area contributed by atoms with Gasteiger partial charge in [0, 0.05) is 11.7 Å². The molecule has 1 aliphatic rings. The van der Waals surface area contributed by atoms with E-state index in [9.17, 15) is 14.0 Å². The third kappa shape index (κ3) is 3.93. The minimum Gasteiger partial charge on any atom is -0.366 e. The molecule has 2 rings (SSSR count). The molecule has 3 amide bonds. The van der Waals surface area contributed by atoms with Crippen molar-refractivity contribution < 1.29 is 14.0 Å². The van der Waals surface area contributed by atoms with E-state index in [1.165, 1.54) is 18.6 Å². The molecule has 1 fully saturated rings. The monoisotopic (exact) mass is 293 g/mol. The van der Waals surface area contributed by atoms with Crippen LogP contribution in [-0.4, -0.2) is 18.0 Å². The summed E-state index contributed by atoms with van der Waals surface area (Å²) >= 11 is 0. The first-order valence-electron chi connectivity index (χ1n) is 7.14. The highest BCUT2D eigenvalue weighted by molar-refractivity contribution is 5.96. The first kappa shape index (κ1) is 15.3. The van der Waals surface area contributed by atoms with Crippen LogP contribution in [0.2, 0.25) is 0 Å². The number of nitrogens with two attached hydrogens (primary N) is 1. The lowest BCUT2D eigenvalue weighted by Crippen LogP contribution is -2.43. The number of carbonyl (C=O) groups excluding carboxylic acids is 2. The molecule has 0 radical (unpaired) electrons. The number of hydrogen-bond acceptors (Lipinski definition) is 2. The van der Waals surface area contributed by atoms with E-state index in [2.05, 4.69) is 17.6 Å². The lowest BCUT2D eigenvalue weighted by atomic mass is 9.86. The van der Waals surface area contributed by atoms with Gasteiger partial charge in [0.1, 0.15) is 5.82 Å². The van der Waals surface area contributed by atoms with Gasteiger partial charge in [0.2, 0.25) is 0 Å². The molecule has 6 heteroatoms. The number of hydrogen-bond donors (Lipinski definition) is 3. The molecule has 2 atom stereocenters. The average molecular weight is 293 g/mol. The number of nitrogens with one attached hydrogen (secondary N) is 2. The minimum absolute atomic E-state index is 0.148. The molecular formula is C15H20FN3O2. The molecule has 0 bridgehead atoms. The highest BCUT2D eigenvalue weighted by Gasteiger charge is 2.22. The Bertz CT molecular complexity index is 548. The first-order valence-corrected chi connectivity index (χ1v) is 7.14. The molecule has 1 aromatic rings. The lowest BCUT2D eigenvalue weighted by molar-refractivity contribution is 0.0996. The zero-order valence-electron chi connectivity index (χ0n) is 12.0. The van der Waals surface area contributed by atoms with Crippen LogP contribution in [0.15, 0.2) is 18.2 Å². The van der Waals surface area contributed by atoms with Crippen LogP contribution in [0.25, 0.3) is 0 Å². The summed E-state index contributed by atoms with van der Waals surface area (Å²) in [6.45, 7) is 2.12. The Labute approximate surface area is 123 Å². The van der Waals surface area contributed by atoms with Crippen molar-refractivity contribution in [3.8, 4) is 0 Å². The van der Waals surface area contributed by atoms with Crippen LogP contribution in [0.5, 0.6) is 0 Å². The van der Waals surface area contributed by atoms with Gasteiger partial charge in [0.15, 0.2) is 0 Å². The maximum atomic E-state index is 13.4. The van der Waals surface area contributed by atoms with Crippen molar-refractivity contribution in [1.82, 2.24) is 5.32 Å². The van der Waals surface area contributed by atoms with Crippen molar-refractivity contribution in [2.45, 2.75) is 38.6 Å². The molecule has 4 N–H and O–H groups in total.